The van der Waals surface area contributed by atoms with E-state index in [1.165, 1.54) is 5.56 Å². The molecule has 3 heterocycles. The number of benzene rings is 1. The average Bonchev–Trinajstić information content (AvgIpc) is 2.92. The number of aromatic nitrogens is 2. The number of fused-ring (bicyclic) bond motifs is 1. The van der Waals surface area contributed by atoms with Crippen LogP contribution in [-0.2, 0) is 16.1 Å². The Morgan fingerprint density at radius 3 is 2.88 bits per heavy atom. The first-order chi connectivity index (χ1) is 12.1. The number of anilines is 1. The maximum Gasteiger partial charge on any atom is 0.226 e. The van der Waals surface area contributed by atoms with Crippen molar-refractivity contribution in [3.63, 3.8) is 0 Å². The van der Waals surface area contributed by atoms with Crippen molar-refractivity contribution in [1.29, 1.82) is 0 Å². The summed E-state index contributed by atoms with van der Waals surface area (Å²) in [6.45, 7) is 1.32. The van der Waals surface area contributed by atoms with Crippen molar-refractivity contribution in [1.82, 2.24) is 9.97 Å². The van der Waals surface area contributed by atoms with E-state index < -0.39 is 0 Å². The first-order valence-electron chi connectivity index (χ1n) is 7.97. The lowest BCUT2D eigenvalue weighted by Crippen LogP contribution is -2.38. The second kappa shape index (κ2) is 6.42. The third kappa shape index (κ3) is 3.20. The van der Waals surface area contributed by atoms with Crippen LogP contribution in [0, 0.1) is 0 Å². The SMILES string of the molecule is NC1CN(c2nccc(/C=C3\SC(=O)CC3=O)n2)Cc2ccccc21. The Kier molecular flexibility index (Phi) is 4.10. The maximum atomic E-state index is 11.8. The molecule has 126 valence electrons. The summed E-state index contributed by atoms with van der Waals surface area (Å²) in [5.74, 6) is 0.421. The van der Waals surface area contributed by atoms with Gasteiger partial charge in [-0.2, -0.15) is 0 Å². The maximum absolute atomic E-state index is 11.8. The molecule has 0 radical (unpaired) electrons. The zero-order valence-electron chi connectivity index (χ0n) is 13.4. The van der Waals surface area contributed by atoms with E-state index in [0.717, 1.165) is 17.3 Å². The number of nitrogens with zero attached hydrogens (tertiary/aromatic N) is 3. The molecule has 1 unspecified atom stereocenters. The number of Topliss-reactive ketones (excluding diaryl/α,β-unsaturated/α-hetero) is 1. The Bertz CT molecular complexity index is 896. The molecule has 0 amide bonds. The van der Waals surface area contributed by atoms with E-state index in [9.17, 15) is 9.59 Å². The molecule has 0 saturated carbocycles. The van der Waals surface area contributed by atoms with E-state index in [1.807, 2.05) is 17.0 Å². The molecular weight excluding hydrogens is 336 g/mol. The number of hydrogen-bond acceptors (Lipinski definition) is 7. The van der Waals surface area contributed by atoms with E-state index in [-0.39, 0.29) is 23.4 Å². The van der Waals surface area contributed by atoms with Crippen molar-refractivity contribution >= 4 is 34.7 Å². The van der Waals surface area contributed by atoms with Gasteiger partial charge in [0.05, 0.1) is 17.0 Å². The lowest BCUT2D eigenvalue weighted by atomic mass is 9.96. The van der Waals surface area contributed by atoms with Crippen LogP contribution in [0.5, 0.6) is 0 Å². The molecule has 1 atom stereocenters. The first-order valence-corrected chi connectivity index (χ1v) is 8.79. The number of carbonyl (C=O) groups excluding carboxylic acids is 2. The molecule has 1 saturated heterocycles. The minimum Gasteiger partial charge on any atom is -0.335 e. The highest BCUT2D eigenvalue weighted by atomic mass is 32.2. The number of thioether (sulfide) groups is 1. The topological polar surface area (TPSA) is 89.2 Å². The number of allylic oxidation sites excluding steroid dienone is 1. The minimum absolute atomic E-state index is 0.0355. The highest BCUT2D eigenvalue weighted by Gasteiger charge is 2.27. The normalized spacial score (nSPS) is 21.7. The van der Waals surface area contributed by atoms with Gasteiger partial charge in [-0.15, -0.1) is 0 Å². The summed E-state index contributed by atoms with van der Waals surface area (Å²) in [6, 6.07) is 9.74. The molecule has 0 bridgehead atoms. The number of hydrogen-bond donors (Lipinski definition) is 1. The zero-order valence-corrected chi connectivity index (χ0v) is 14.2. The number of ketones is 1. The molecule has 2 N–H and O–H groups in total. The number of carbonyl (C=O) groups is 2. The summed E-state index contributed by atoms with van der Waals surface area (Å²) in [5, 5.41) is -0.121. The fraction of sp³-hybridized carbons (Fsp3) is 0.222. The second-order valence-electron chi connectivity index (χ2n) is 6.05. The molecule has 1 aromatic carbocycles. The summed E-state index contributed by atoms with van der Waals surface area (Å²) in [4.78, 5) is 34.5. The van der Waals surface area contributed by atoms with Crippen molar-refractivity contribution in [2.75, 3.05) is 11.4 Å². The van der Waals surface area contributed by atoms with Crippen molar-refractivity contribution in [3.05, 3.63) is 58.3 Å². The van der Waals surface area contributed by atoms with E-state index >= 15 is 0 Å². The van der Waals surface area contributed by atoms with Gasteiger partial charge < -0.3 is 10.6 Å². The Morgan fingerprint density at radius 1 is 1.24 bits per heavy atom. The van der Waals surface area contributed by atoms with Gasteiger partial charge in [-0.3, -0.25) is 9.59 Å². The zero-order chi connectivity index (χ0) is 17.4. The molecule has 7 heteroatoms. The van der Waals surface area contributed by atoms with E-state index in [4.69, 9.17) is 5.73 Å². The van der Waals surface area contributed by atoms with Gasteiger partial charge in [-0.05, 0) is 35.0 Å². The van der Waals surface area contributed by atoms with Crippen molar-refractivity contribution in [2.45, 2.75) is 19.0 Å². The van der Waals surface area contributed by atoms with Gasteiger partial charge in [0.1, 0.15) is 0 Å². The summed E-state index contributed by atoms with van der Waals surface area (Å²) in [5.41, 5.74) is 9.22. The minimum atomic E-state index is -0.149. The third-order valence-corrected chi connectivity index (χ3v) is 5.20. The van der Waals surface area contributed by atoms with Crippen LogP contribution < -0.4 is 10.6 Å². The molecule has 1 fully saturated rings. The Labute approximate surface area is 149 Å². The molecule has 2 aliphatic rings. The second-order valence-corrected chi connectivity index (χ2v) is 7.15. The van der Waals surface area contributed by atoms with Crippen LogP contribution >= 0.6 is 11.8 Å². The van der Waals surface area contributed by atoms with Gasteiger partial charge in [0.15, 0.2) is 5.78 Å². The Balaban J connectivity index is 1.61. The Morgan fingerprint density at radius 2 is 2.08 bits per heavy atom. The van der Waals surface area contributed by atoms with Gasteiger partial charge in [0.25, 0.3) is 0 Å². The molecule has 0 aliphatic carbocycles. The largest absolute Gasteiger partial charge is 0.335 e. The molecule has 2 aliphatic heterocycles. The van der Waals surface area contributed by atoms with Crippen molar-refractivity contribution in [2.24, 2.45) is 5.73 Å². The molecule has 25 heavy (non-hydrogen) atoms. The summed E-state index contributed by atoms with van der Waals surface area (Å²) >= 11 is 0.980. The van der Waals surface area contributed by atoms with Crippen LogP contribution in [0.4, 0.5) is 5.95 Å². The van der Waals surface area contributed by atoms with Gasteiger partial charge in [0.2, 0.25) is 11.1 Å². The van der Waals surface area contributed by atoms with E-state index in [1.54, 1.807) is 18.3 Å². The fourth-order valence-electron chi connectivity index (χ4n) is 3.07. The van der Waals surface area contributed by atoms with Crippen LogP contribution in [-0.4, -0.2) is 27.4 Å². The molecule has 6 nitrogen and oxygen atoms in total. The van der Waals surface area contributed by atoms with Gasteiger partial charge >= 0.3 is 0 Å². The smallest absolute Gasteiger partial charge is 0.226 e. The standard InChI is InChI=1S/C18H16N4O2S/c19-14-10-22(9-11-3-1-2-4-13(11)14)18-20-6-5-12(21-18)7-16-15(23)8-17(24)25-16/h1-7,14H,8-10,19H2/b16-7-. The van der Waals surface area contributed by atoms with Crippen molar-refractivity contribution < 1.29 is 9.59 Å². The van der Waals surface area contributed by atoms with Crippen LogP contribution in [0.25, 0.3) is 6.08 Å². The summed E-state index contributed by atoms with van der Waals surface area (Å²) in [7, 11) is 0. The van der Waals surface area contributed by atoms with Gasteiger partial charge in [0, 0.05) is 25.3 Å². The van der Waals surface area contributed by atoms with Crippen LogP contribution in [0.2, 0.25) is 0 Å². The molecule has 0 spiro atoms. The average molecular weight is 352 g/mol. The number of rotatable bonds is 2. The highest BCUT2D eigenvalue weighted by molar-refractivity contribution is 8.18. The lowest BCUT2D eigenvalue weighted by Gasteiger charge is -2.32. The van der Waals surface area contributed by atoms with E-state index in [0.29, 0.717) is 29.6 Å². The highest BCUT2D eigenvalue weighted by Crippen LogP contribution is 2.31. The summed E-state index contributed by atoms with van der Waals surface area (Å²) in [6.07, 6.45) is 3.28. The third-order valence-electron chi connectivity index (χ3n) is 4.26. The molecule has 4 rings (SSSR count). The van der Waals surface area contributed by atoms with Crippen LogP contribution in [0.3, 0.4) is 0 Å². The van der Waals surface area contributed by atoms with Crippen molar-refractivity contribution in [3.8, 4) is 0 Å². The quantitative estimate of drug-likeness (QED) is 0.654. The van der Waals surface area contributed by atoms with Gasteiger partial charge in [-0.25, -0.2) is 9.97 Å². The molecule has 1 aromatic heterocycles. The predicted molar refractivity (Wildman–Crippen MR) is 96.7 cm³/mol. The number of nitrogens with two attached hydrogens (primary N) is 1. The summed E-state index contributed by atoms with van der Waals surface area (Å²) < 4.78 is 0. The van der Waals surface area contributed by atoms with E-state index in [2.05, 4.69) is 22.1 Å². The lowest BCUT2D eigenvalue weighted by molar-refractivity contribution is -0.119. The first kappa shape index (κ1) is 16.0. The molecule has 2 aromatic rings. The monoisotopic (exact) mass is 352 g/mol. The predicted octanol–water partition coefficient (Wildman–Crippen LogP) is 2.07. The Hall–Kier alpha value is -2.51. The van der Waals surface area contributed by atoms with Crippen LogP contribution in [0.15, 0.2) is 41.4 Å². The van der Waals surface area contributed by atoms with Crippen LogP contribution in [0.1, 0.15) is 29.3 Å². The molecular formula is C18H16N4O2S. The fourth-order valence-corrected chi connectivity index (χ4v) is 3.89. The van der Waals surface area contributed by atoms with Gasteiger partial charge in [-0.1, -0.05) is 24.3 Å².